The third kappa shape index (κ3) is 3.25. The van der Waals surface area contributed by atoms with Crippen LogP contribution in [0.15, 0.2) is 42.9 Å². The van der Waals surface area contributed by atoms with Crippen LogP contribution in [0.4, 0.5) is 0 Å². The first-order chi connectivity index (χ1) is 8.29. The second-order valence-corrected chi connectivity index (χ2v) is 4.24. The zero-order valence-electron chi connectivity index (χ0n) is 9.60. The minimum absolute atomic E-state index is 0.171. The van der Waals surface area contributed by atoms with Crippen molar-refractivity contribution in [2.24, 2.45) is 0 Å². The fourth-order valence-corrected chi connectivity index (χ4v) is 1.83. The zero-order chi connectivity index (χ0) is 12.1. The number of nitrogens with one attached hydrogen (secondary N) is 1. The number of likely N-dealkylation sites (N-methyl/N-ethyl adjacent to an activating group) is 1. The van der Waals surface area contributed by atoms with Gasteiger partial charge in [0.05, 0.1) is 11.7 Å². The van der Waals surface area contributed by atoms with Gasteiger partial charge in [0, 0.05) is 23.6 Å². The van der Waals surface area contributed by atoms with Crippen molar-refractivity contribution in [1.29, 1.82) is 0 Å². The van der Waals surface area contributed by atoms with E-state index in [4.69, 9.17) is 11.6 Å². The summed E-state index contributed by atoms with van der Waals surface area (Å²) < 4.78 is 0. The topological polar surface area (TPSA) is 37.8 Å². The van der Waals surface area contributed by atoms with E-state index in [1.807, 2.05) is 31.3 Å². The van der Waals surface area contributed by atoms with Gasteiger partial charge in [0.1, 0.15) is 0 Å². The van der Waals surface area contributed by atoms with Gasteiger partial charge in [-0.2, -0.15) is 0 Å². The molecule has 1 aromatic heterocycles. The second kappa shape index (κ2) is 5.75. The van der Waals surface area contributed by atoms with Crippen molar-refractivity contribution in [3.63, 3.8) is 0 Å². The standard InChI is InChI=1S/C13H14ClN3/c1-15-12(13-9-16-6-7-17-13)8-10-2-4-11(14)5-3-10/h2-7,9,12,15H,8H2,1H3. The van der Waals surface area contributed by atoms with Crippen LogP contribution in [-0.4, -0.2) is 17.0 Å². The summed E-state index contributed by atoms with van der Waals surface area (Å²) in [4.78, 5) is 8.40. The summed E-state index contributed by atoms with van der Waals surface area (Å²) in [5, 5.41) is 4.00. The van der Waals surface area contributed by atoms with E-state index >= 15 is 0 Å². The summed E-state index contributed by atoms with van der Waals surface area (Å²) >= 11 is 5.86. The van der Waals surface area contributed by atoms with E-state index in [2.05, 4.69) is 15.3 Å². The fraction of sp³-hybridized carbons (Fsp3) is 0.231. The molecular weight excluding hydrogens is 234 g/mol. The molecule has 1 atom stereocenters. The predicted molar refractivity (Wildman–Crippen MR) is 69.0 cm³/mol. The average molecular weight is 248 g/mol. The number of hydrogen-bond acceptors (Lipinski definition) is 3. The Morgan fingerprint density at radius 2 is 2.00 bits per heavy atom. The Morgan fingerprint density at radius 1 is 1.24 bits per heavy atom. The lowest BCUT2D eigenvalue weighted by Gasteiger charge is -2.15. The molecule has 1 heterocycles. The summed E-state index contributed by atoms with van der Waals surface area (Å²) in [6, 6.07) is 8.04. The number of aromatic nitrogens is 2. The molecule has 2 rings (SSSR count). The van der Waals surface area contributed by atoms with Gasteiger partial charge in [0.2, 0.25) is 0 Å². The number of halogens is 1. The molecule has 0 saturated heterocycles. The molecule has 1 N–H and O–H groups in total. The van der Waals surface area contributed by atoms with Crippen molar-refractivity contribution >= 4 is 11.6 Å². The van der Waals surface area contributed by atoms with Crippen molar-refractivity contribution in [1.82, 2.24) is 15.3 Å². The van der Waals surface area contributed by atoms with Crippen LogP contribution >= 0.6 is 11.6 Å². The molecule has 0 amide bonds. The second-order valence-electron chi connectivity index (χ2n) is 3.80. The van der Waals surface area contributed by atoms with Crippen molar-refractivity contribution in [3.8, 4) is 0 Å². The maximum atomic E-state index is 5.86. The van der Waals surface area contributed by atoms with Gasteiger partial charge >= 0.3 is 0 Å². The van der Waals surface area contributed by atoms with Crippen LogP contribution in [0.25, 0.3) is 0 Å². The maximum absolute atomic E-state index is 5.86. The summed E-state index contributed by atoms with van der Waals surface area (Å²) in [6.45, 7) is 0. The third-order valence-electron chi connectivity index (χ3n) is 2.64. The third-order valence-corrected chi connectivity index (χ3v) is 2.89. The zero-order valence-corrected chi connectivity index (χ0v) is 10.4. The molecule has 0 radical (unpaired) electrons. The van der Waals surface area contributed by atoms with Crippen molar-refractivity contribution in [3.05, 3.63) is 59.1 Å². The Bertz CT molecular complexity index is 456. The number of rotatable bonds is 4. The molecule has 4 heteroatoms. The monoisotopic (exact) mass is 247 g/mol. The van der Waals surface area contributed by atoms with E-state index in [1.54, 1.807) is 18.6 Å². The lowest BCUT2D eigenvalue weighted by molar-refractivity contribution is 0.573. The van der Waals surface area contributed by atoms with Gasteiger partial charge in [-0.3, -0.25) is 9.97 Å². The van der Waals surface area contributed by atoms with Gasteiger partial charge < -0.3 is 5.32 Å². The van der Waals surface area contributed by atoms with Gasteiger partial charge in [0.15, 0.2) is 0 Å². The minimum atomic E-state index is 0.171. The van der Waals surface area contributed by atoms with Crippen LogP contribution in [0.1, 0.15) is 17.3 Å². The van der Waals surface area contributed by atoms with Crippen LogP contribution in [0.2, 0.25) is 5.02 Å². The minimum Gasteiger partial charge on any atom is -0.311 e. The highest BCUT2D eigenvalue weighted by atomic mass is 35.5. The van der Waals surface area contributed by atoms with Crippen LogP contribution in [0.5, 0.6) is 0 Å². The summed E-state index contributed by atoms with van der Waals surface area (Å²) in [6.07, 6.45) is 6.05. The Morgan fingerprint density at radius 3 is 2.59 bits per heavy atom. The molecule has 0 aliphatic heterocycles. The van der Waals surface area contributed by atoms with Crippen LogP contribution in [-0.2, 0) is 6.42 Å². The smallest absolute Gasteiger partial charge is 0.0759 e. The predicted octanol–water partition coefficient (Wildman–Crippen LogP) is 2.63. The number of benzene rings is 1. The highest BCUT2D eigenvalue weighted by Gasteiger charge is 2.11. The summed E-state index contributed by atoms with van der Waals surface area (Å²) in [5.41, 5.74) is 2.17. The van der Waals surface area contributed by atoms with Crippen molar-refractivity contribution in [2.45, 2.75) is 12.5 Å². The lowest BCUT2D eigenvalue weighted by atomic mass is 10.0. The molecule has 1 aromatic carbocycles. The normalized spacial score (nSPS) is 12.4. The highest BCUT2D eigenvalue weighted by Crippen LogP contribution is 2.17. The Hall–Kier alpha value is -1.45. The van der Waals surface area contributed by atoms with Crippen molar-refractivity contribution in [2.75, 3.05) is 7.05 Å². The molecule has 0 bridgehead atoms. The SMILES string of the molecule is CNC(Cc1ccc(Cl)cc1)c1cnccn1. The summed E-state index contributed by atoms with van der Waals surface area (Å²) in [7, 11) is 1.93. The maximum Gasteiger partial charge on any atom is 0.0759 e. The molecule has 0 aliphatic carbocycles. The quantitative estimate of drug-likeness (QED) is 0.903. The molecule has 1 unspecified atom stereocenters. The number of nitrogens with zero attached hydrogens (tertiary/aromatic N) is 2. The molecule has 0 spiro atoms. The molecule has 2 aromatic rings. The fourth-order valence-electron chi connectivity index (χ4n) is 1.70. The summed E-state index contributed by atoms with van der Waals surface area (Å²) in [5.74, 6) is 0. The van der Waals surface area contributed by atoms with Crippen LogP contribution in [0, 0.1) is 0 Å². The Labute approximate surface area is 106 Å². The molecule has 0 aliphatic rings. The molecule has 0 fully saturated rings. The van der Waals surface area contributed by atoms with E-state index in [0.29, 0.717) is 0 Å². The van der Waals surface area contributed by atoms with E-state index < -0.39 is 0 Å². The average Bonchev–Trinajstić information content (AvgIpc) is 2.39. The van der Waals surface area contributed by atoms with Gasteiger partial charge in [0.25, 0.3) is 0 Å². The van der Waals surface area contributed by atoms with Gasteiger partial charge in [-0.05, 0) is 31.2 Å². The highest BCUT2D eigenvalue weighted by molar-refractivity contribution is 6.30. The van der Waals surface area contributed by atoms with E-state index in [9.17, 15) is 0 Å². The molecule has 0 saturated carbocycles. The molecule has 17 heavy (non-hydrogen) atoms. The van der Waals surface area contributed by atoms with Gasteiger partial charge in [-0.1, -0.05) is 23.7 Å². The van der Waals surface area contributed by atoms with Crippen molar-refractivity contribution < 1.29 is 0 Å². The lowest BCUT2D eigenvalue weighted by Crippen LogP contribution is -2.20. The van der Waals surface area contributed by atoms with E-state index in [1.165, 1.54) is 5.56 Å². The number of hydrogen-bond donors (Lipinski definition) is 1. The Balaban J connectivity index is 2.13. The molecular formula is C13H14ClN3. The molecule has 88 valence electrons. The first-order valence-electron chi connectivity index (χ1n) is 5.47. The van der Waals surface area contributed by atoms with Gasteiger partial charge in [-0.15, -0.1) is 0 Å². The molecule has 3 nitrogen and oxygen atoms in total. The Kier molecular flexibility index (Phi) is 4.07. The largest absolute Gasteiger partial charge is 0.311 e. The van der Waals surface area contributed by atoms with Gasteiger partial charge in [-0.25, -0.2) is 0 Å². The first-order valence-corrected chi connectivity index (χ1v) is 5.85. The first kappa shape index (κ1) is 12.0. The van der Waals surface area contributed by atoms with E-state index in [0.717, 1.165) is 17.1 Å². The van der Waals surface area contributed by atoms with Crippen LogP contribution < -0.4 is 5.32 Å². The van der Waals surface area contributed by atoms with Crippen LogP contribution in [0.3, 0.4) is 0 Å². The van der Waals surface area contributed by atoms with E-state index in [-0.39, 0.29) is 6.04 Å².